The monoisotopic (exact) mass is 343 g/mol. The molecule has 0 N–H and O–H groups in total. The number of carbonyl (C=O) groups excluding carboxylic acids is 1. The second-order valence-electron chi connectivity index (χ2n) is 5.64. The van der Waals surface area contributed by atoms with Gasteiger partial charge in [-0.1, -0.05) is 23.4 Å². The van der Waals surface area contributed by atoms with Crippen LogP contribution in [-0.2, 0) is 11.3 Å². The van der Waals surface area contributed by atoms with Gasteiger partial charge >= 0.3 is 0 Å². The molecule has 0 spiro atoms. The zero-order chi connectivity index (χ0) is 16.5. The molecule has 1 aromatic carbocycles. The van der Waals surface area contributed by atoms with Gasteiger partial charge < -0.3 is 9.42 Å². The molecule has 1 fully saturated rings. The van der Waals surface area contributed by atoms with E-state index in [1.54, 1.807) is 17.0 Å². The lowest BCUT2D eigenvalue weighted by atomic mass is 10.2. The highest BCUT2D eigenvalue weighted by Crippen LogP contribution is 2.34. The molecule has 2 aromatic heterocycles. The van der Waals surface area contributed by atoms with E-state index >= 15 is 0 Å². The third kappa shape index (κ3) is 2.82. The van der Waals surface area contributed by atoms with E-state index in [1.807, 2.05) is 17.5 Å². The molecule has 0 aliphatic carbocycles. The van der Waals surface area contributed by atoms with Gasteiger partial charge in [-0.05, 0) is 35.6 Å². The molecule has 1 aliphatic heterocycles. The summed E-state index contributed by atoms with van der Waals surface area (Å²) in [6.45, 7) is 0.403. The van der Waals surface area contributed by atoms with E-state index in [1.165, 1.54) is 23.5 Å². The summed E-state index contributed by atoms with van der Waals surface area (Å²) in [4.78, 5) is 19.3. The molecule has 0 bridgehead atoms. The van der Waals surface area contributed by atoms with Crippen molar-refractivity contribution >= 4 is 17.2 Å². The minimum Gasteiger partial charge on any atom is -0.337 e. The molecule has 0 radical (unpaired) electrons. The Morgan fingerprint density at radius 3 is 2.88 bits per heavy atom. The zero-order valence-corrected chi connectivity index (χ0v) is 13.5. The highest BCUT2D eigenvalue weighted by Gasteiger charge is 2.36. The van der Waals surface area contributed by atoms with Crippen LogP contribution in [-0.4, -0.2) is 20.9 Å². The smallest absolute Gasteiger partial charge is 0.249 e. The lowest BCUT2D eigenvalue weighted by Gasteiger charge is -2.22. The number of hydrogen-bond donors (Lipinski definition) is 0. The number of hydrogen-bond acceptors (Lipinski definition) is 5. The Kier molecular flexibility index (Phi) is 3.86. The maximum Gasteiger partial charge on any atom is 0.249 e. The molecular weight excluding hydrogens is 329 g/mol. The average Bonchev–Trinajstić information content (AvgIpc) is 3.31. The number of thiophene rings is 1. The van der Waals surface area contributed by atoms with Crippen molar-refractivity contribution in [2.75, 3.05) is 0 Å². The molecule has 3 heterocycles. The predicted molar refractivity (Wildman–Crippen MR) is 86.5 cm³/mol. The van der Waals surface area contributed by atoms with Crippen LogP contribution in [0.1, 0.15) is 30.3 Å². The summed E-state index contributed by atoms with van der Waals surface area (Å²) >= 11 is 1.54. The van der Waals surface area contributed by atoms with Crippen molar-refractivity contribution in [2.24, 2.45) is 0 Å². The first-order valence-electron chi connectivity index (χ1n) is 7.62. The first-order valence-corrected chi connectivity index (χ1v) is 8.50. The quantitative estimate of drug-likeness (QED) is 0.723. The van der Waals surface area contributed by atoms with Crippen LogP contribution in [0.3, 0.4) is 0 Å². The molecule has 0 saturated carbocycles. The Morgan fingerprint density at radius 1 is 1.29 bits per heavy atom. The second-order valence-corrected chi connectivity index (χ2v) is 6.58. The molecule has 1 saturated heterocycles. The van der Waals surface area contributed by atoms with Crippen LogP contribution in [0.15, 0.2) is 46.3 Å². The van der Waals surface area contributed by atoms with Gasteiger partial charge in [0.05, 0.1) is 4.88 Å². The summed E-state index contributed by atoms with van der Waals surface area (Å²) in [6.07, 6.45) is 1.09. The van der Waals surface area contributed by atoms with Gasteiger partial charge in [-0.15, -0.1) is 11.3 Å². The van der Waals surface area contributed by atoms with E-state index in [0.29, 0.717) is 31.1 Å². The van der Waals surface area contributed by atoms with Crippen molar-refractivity contribution in [1.82, 2.24) is 15.0 Å². The van der Waals surface area contributed by atoms with Gasteiger partial charge in [0.15, 0.2) is 0 Å². The number of likely N-dealkylation sites (tertiary alicyclic amines) is 1. The number of halogens is 1. The molecule has 1 atom stereocenters. The fourth-order valence-electron chi connectivity index (χ4n) is 2.85. The molecule has 7 heteroatoms. The Bertz CT molecular complexity index is 845. The van der Waals surface area contributed by atoms with E-state index in [0.717, 1.165) is 10.4 Å². The molecule has 1 unspecified atom stereocenters. The Labute approximate surface area is 141 Å². The van der Waals surface area contributed by atoms with Crippen molar-refractivity contribution in [2.45, 2.75) is 25.4 Å². The van der Waals surface area contributed by atoms with Crippen LogP contribution in [0.5, 0.6) is 0 Å². The molecule has 24 heavy (non-hydrogen) atoms. The molecule has 1 aliphatic rings. The van der Waals surface area contributed by atoms with E-state index < -0.39 is 0 Å². The van der Waals surface area contributed by atoms with E-state index in [9.17, 15) is 9.18 Å². The van der Waals surface area contributed by atoms with Crippen molar-refractivity contribution in [3.63, 3.8) is 0 Å². The number of rotatable bonds is 4. The molecule has 4 rings (SSSR count). The first-order chi connectivity index (χ1) is 11.7. The average molecular weight is 343 g/mol. The van der Waals surface area contributed by atoms with Crippen LogP contribution in [0.2, 0.25) is 0 Å². The van der Waals surface area contributed by atoms with Gasteiger partial charge in [-0.3, -0.25) is 4.79 Å². The maximum absolute atomic E-state index is 13.0. The van der Waals surface area contributed by atoms with Crippen LogP contribution in [0.25, 0.3) is 10.7 Å². The fraction of sp³-hybridized carbons (Fsp3) is 0.235. The minimum atomic E-state index is -0.291. The topological polar surface area (TPSA) is 59.2 Å². The Hall–Kier alpha value is -2.54. The summed E-state index contributed by atoms with van der Waals surface area (Å²) in [7, 11) is 0. The number of carbonyl (C=O) groups is 1. The minimum absolute atomic E-state index is 0.0419. The van der Waals surface area contributed by atoms with Gasteiger partial charge in [0.25, 0.3) is 0 Å². The normalized spacial score (nSPS) is 17.6. The van der Waals surface area contributed by atoms with E-state index in [4.69, 9.17) is 4.52 Å². The molecular formula is C17H14FN3O2S. The molecule has 3 aromatic rings. The lowest BCUT2D eigenvalue weighted by molar-refractivity contribution is -0.129. The molecule has 122 valence electrons. The Morgan fingerprint density at radius 2 is 2.12 bits per heavy atom. The third-order valence-corrected chi connectivity index (χ3v) is 4.93. The van der Waals surface area contributed by atoms with Crippen LogP contribution >= 0.6 is 11.3 Å². The largest absolute Gasteiger partial charge is 0.337 e. The van der Waals surface area contributed by atoms with Crippen molar-refractivity contribution in [1.29, 1.82) is 0 Å². The first kappa shape index (κ1) is 15.0. The van der Waals surface area contributed by atoms with Gasteiger partial charge in [0, 0.05) is 13.0 Å². The summed E-state index contributed by atoms with van der Waals surface area (Å²) in [5.41, 5.74) is 0.870. The second kappa shape index (κ2) is 6.16. The highest BCUT2D eigenvalue weighted by atomic mass is 32.1. The highest BCUT2D eigenvalue weighted by molar-refractivity contribution is 7.13. The van der Waals surface area contributed by atoms with Crippen molar-refractivity contribution in [3.8, 4) is 10.7 Å². The summed E-state index contributed by atoms with van der Waals surface area (Å²) in [5.74, 6) is 0.744. The van der Waals surface area contributed by atoms with Gasteiger partial charge in [0.1, 0.15) is 11.9 Å². The number of aromatic nitrogens is 2. The van der Waals surface area contributed by atoms with Gasteiger partial charge in [-0.25, -0.2) is 4.39 Å². The number of benzene rings is 1. The molecule has 1 amide bonds. The summed E-state index contributed by atoms with van der Waals surface area (Å²) in [6, 6.07) is 9.78. The van der Waals surface area contributed by atoms with E-state index in [2.05, 4.69) is 10.1 Å². The van der Waals surface area contributed by atoms with Gasteiger partial charge in [-0.2, -0.15) is 4.98 Å². The van der Waals surface area contributed by atoms with E-state index in [-0.39, 0.29) is 17.8 Å². The van der Waals surface area contributed by atoms with Gasteiger partial charge in [0.2, 0.25) is 17.6 Å². The zero-order valence-electron chi connectivity index (χ0n) is 12.7. The fourth-order valence-corrected chi connectivity index (χ4v) is 3.50. The standard InChI is InChI=1S/C17H14FN3O2S/c18-12-5-3-11(4-6-12)10-21-13(7-8-15(21)22)17-19-16(20-23-17)14-2-1-9-24-14/h1-6,9,13H,7-8,10H2. The third-order valence-electron chi connectivity index (χ3n) is 4.06. The van der Waals surface area contributed by atoms with Crippen molar-refractivity contribution in [3.05, 3.63) is 59.0 Å². The maximum atomic E-state index is 13.0. The number of nitrogens with zero attached hydrogens (tertiary/aromatic N) is 3. The predicted octanol–water partition coefficient (Wildman–Crippen LogP) is 3.80. The Balaban J connectivity index is 1.57. The van der Waals surface area contributed by atoms with Crippen LogP contribution < -0.4 is 0 Å². The number of amides is 1. The van der Waals surface area contributed by atoms with Crippen LogP contribution in [0.4, 0.5) is 4.39 Å². The summed E-state index contributed by atoms with van der Waals surface area (Å²) in [5, 5.41) is 5.97. The molecule has 5 nitrogen and oxygen atoms in total. The lowest BCUT2D eigenvalue weighted by Crippen LogP contribution is -2.27. The van der Waals surface area contributed by atoms with Crippen molar-refractivity contribution < 1.29 is 13.7 Å². The summed E-state index contributed by atoms with van der Waals surface area (Å²) < 4.78 is 18.4. The van der Waals surface area contributed by atoms with Crippen LogP contribution in [0, 0.1) is 5.82 Å². The SMILES string of the molecule is O=C1CCC(c2nc(-c3cccs3)no2)N1Cc1ccc(F)cc1.